The highest BCUT2D eigenvalue weighted by atomic mass is 35.5. The van der Waals surface area contributed by atoms with Gasteiger partial charge in [0.05, 0.1) is 12.8 Å². The quantitative estimate of drug-likeness (QED) is 0.635. The van der Waals surface area contributed by atoms with Crippen molar-refractivity contribution in [3.63, 3.8) is 0 Å². The van der Waals surface area contributed by atoms with E-state index in [0.29, 0.717) is 11.4 Å². The summed E-state index contributed by atoms with van der Waals surface area (Å²) in [6.45, 7) is 1.94. The Morgan fingerprint density at radius 2 is 2.03 bits per heavy atom. The Hall–Kier alpha value is -2.05. The van der Waals surface area contributed by atoms with Crippen LogP contribution in [0.25, 0.3) is 0 Å². The van der Waals surface area contributed by atoms with Crippen LogP contribution in [0.4, 0.5) is 5.69 Å². The Morgan fingerprint density at radius 3 is 2.66 bits per heavy atom. The van der Waals surface area contributed by atoms with Crippen molar-refractivity contribution >= 4 is 40.4 Å². The normalized spacial score (nSPS) is 15.6. The number of anilines is 1. The first-order chi connectivity index (χ1) is 14.0. The number of hydrogen-bond donors (Lipinski definition) is 1. The minimum atomic E-state index is -0.793. The first kappa shape index (κ1) is 21.7. The zero-order valence-electron chi connectivity index (χ0n) is 16.8. The summed E-state index contributed by atoms with van der Waals surface area (Å²) >= 11 is 7.42. The fraction of sp³-hybridized carbons (Fsp3) is 0.455. The van der Waals surface area contributed by atoms with E-state index >= 15 is 0 Å². The highest BCUT2D eigenvalue weighted by molar-refractivity contribution is 7.10. The topological polar surface area (TPSA) is 58.6 Å². The second-order valence-electron chi connectivity index (χ2n) is 7.33. The van der Waals surface area contributed by atoms with Gasteiger partial charge in [-0.05, 0) is 48.9 Å². The summed E-state index contributed by atoms with van der Waals surface area (Å²) in [5.74, 6) is -0.217. The standard InChI is InChI=1S/C22H27ClN2O3S/c1-15-10-11-18(28-2)17(13-15)25(20(26)14-23)21(19-9-6-12-29-19)22(27)24-16-7-4-3-5-8-16/h6,9-13,16,21H,3-5,7-8,14H2,1-2H3,(H,24,27)/t21-/m1/s1. The van der Waals surface area contributed by atoms with E-state index in [1.807, 2.05) is 42.6 Å². The molecule has 1 atom stereocenters. The number of carbonyl (C=O) groups is 2. The first-order valence-electron chi connectivity index (χ1n) is 9.91. The molecule has 1 saturated carbocycles. The summed E-state index contributed by atoms with van der Waals surface area (Å²) < 4.78 is 5.51. The Morgan fingerprint density at radius 1 is 1.28 bits per heavy atom. The van der Waals surface area contributed by atoms with Crippen LogP contribution in [0.5, 0.6) is 5.75 Å². The van der Waals surface area contributed by atoms with E-state index < -0.39 is 6.04 Å². The van der Waals surface area contributed by atoms with Crippen LogP contribution in [-0.4, -0.2) is 30.8 Å². The Bertz CT molecular complexity index is 835. The van der Waals surface area contributed by atoms with Gasteiger partial charge in [-0.1, -0.05) is 31.4 Å². The van der Waals surface area contributed by atoms with Gasteiger partial charge in [-0.25, -0.2) is 0 Å². The van der Waals surface area contributed by atoms with Crippen LogP contribution in [0, 0.1) is 6.92 Å². The summed E-state index contributed by atoms with van der Waals surface area (Å²) in [6.07, 6.45) is 5.38. The molecule has 0 aliphatic heterocycles. The highest BCUT2D eigenvalue weighted by Gasteiger charge is 2.35. The van der Waals surface area contributed by atoms with E-state index in [0.717, 1.165) is 36.1 Å². The molecule has 0 unspecified atom stereocenters. The molecule has 1 heterocycles. The van der Waals surface area contributed by atoms with E-state index in [1.54, 1.807) is 7.11 Å². The third-order valence-electron chi connectivity index (χ3n) is 5.25. The molecule has 0 saturated heterocycles. The minimum absolute atomic E-state index is 0.145. The number of carbonyl (C=O) groups excluding carboxylic acids is 2. The Labute approximate surface area is 181 Å². The van der Waals surface area contributed by atoms with Gasteiger partial charge in [0.2, 0.25) is 11.8 Å². The lowest BCUT2D eigenvalue weighted by molar-refractivity contribution is -0.126. The van der Waals surface area contributed by atoms with Crippen molar-refractivity contribution in [2.45, 2.75) is 51.1 Å². The van der Waals surface area contributed by atoms with Gasteiger partial charge < -0.3 is 10.1 Å². The van der Waals surface area contributed by atoms with Gasteiger partial charge >= 0.3 is 0 Å². The van der Waals surface area contributed by atoms with Crippen molar-refractivity contribution < 1.29 is 14.3 Å². The number of thiophene rings is 1. The van der Waals surface area contributed by atoms with Crippen molar-refractivity contribution in [3.8, 4) is 5.75 Å². The predicted octanol–water partition coefficient (Wildman–Crippen LogP) is 4.83. The zero-order valence-corrected chi connectivity index (χ0v) is 18.4. The molecule has 2 aromatic rings. The summed E-state index contributed by atoms with van der Waals surface area (Å²) in [6, 6.07) is 8.70. The zero-order chi connectivity index (χ0) is 20.8. The Balaban J connectivity index is 2.03. The number of rotatable bonds is 7. The Kier molecular flexibility index (Phi) is 7.56. The lowest BCUT2D eigenvalue weighted by Crippen LogP contribution is -2.47. The average molecular weight is 435 g/mol. The van der Waals surface area contributed by atoms with Gasteiger partial charge in [0.1, 0.15) is 17.7 Å². The van der Waals surface area contributed by atoms with E-state index in [9.17, 15) is 9.59 Å². The number of nitrogens with zero attached hydrogens (tertiary/aromatic N) is 1. The molecule has 1 aliphatic rings. The highest BCUT2D eigenvalue weighted by Crippen LogP contribution is 2.37. The van der Waals surface area contributed by atoms with Gasteiger partial charge in [0.15, 0.2) is 0 Å². The van der Waals surface area contributed by atoms with Crippen LogP contribution in [0.1, 0.15) is 48.6 Å². The number of benzene rings is 1. The number of hydrogen-bond acceptors (Lipinski definition) is 4. The maximum atomic E-state index is 13.4. The van der Waals surface area contributed by atoms with Crippen molar-refractivity contribution in [2.75, 3.05) is 17.9 Å². The molecule has 1 fully saturated rings. The third kappa shape index (κ3) is 5.11. The minimum Gasteiger partial charge on any atom is -0.495 e. The van der Waals surface area contributed by atoms with Gasteiger partial charge in [0.25, 0.3) is 0 Å². The van der Waals surface area contributed by atoms with Crippen LogP contribution in [0.3, 0.4) is 0 Å². The first-order valence-corrected chi connectivity index (χ1v) is 11.3. The van der Waals surface area contributed by atoms with E-state index in [4.69, 9.17) is 16.3 Å². The predicted molar refractivity (Wildman–Crippen MR) is 118 cm³/mol. The van der Waals surface area contributed by atoms with Crippen LogP contribution in [0.15, 0.2) is 35.7 Å². The van der Waals surface area contributed by atoms with E-state index in [1.165, 1.54) is 22.7 Å². The molecule has 3 rings (SSSR count). The molecule has 1 aliphatic carbocycles. The molecular weight excluding hydrogens is 408 g/mol. The smallest absolute Gasteiger partial charge is 0.248 e. The maximum Gasteiger partial charge on any atom is 0.248 e. The molecule has 0 radical (unpaired) electrons. The van der Waals surface area contributed by atoms with Crippen LogP contribution < -0.4 is 15.0 Å². The number of ether oxygens (including phenoxy) is 1. The van der Waals surface area contributed by atoms with Crippen LogP contribution >= 0.6 is 22.9 Å². The molecule has 1 aromatic heterocycles. The fourth-order valence-corrected chi connectivity index (χ4v) is 4.76. The average Bonchev–Trinajstić information content (AvgIpc) is 3.26. The number of halogens is 1. The number of alkyl halides is 1. The lowest BCUT2D eigenvalue weighted by atomic mass is 9.95. The number of aryl methyl sites for hydroxylation is 1. The van der Waals surface area contributed by atoms with Crippen molar-refractivity contribution in [1.82, 2.24) is 5.32 Å². The molecule has 0 spiro atoms. The van der Waals surface area contributed by atoms with Gasteiger partial charge in [-0.3, -0.25) is 14.5 Å². The van der Waals surface area contributed by atoms with Gasteiger partial charge in [-0.15, -0.1) is 22.9 Å². The molecule has 156 valence electrons. The SMILES string of the molecule is COc1ccc(C)cc1N(C(=O)CCl)[C@@H](C(=O)NC1CCCCC1)c1cccs1. The number of nitrogens with one attached hydrogen (secondary N) is 1. The molecule has 1 N–H and O–H groups in total. The fourth-order valence-electron chi connectivity index (χ4n) is 3.82. The third-order valence-corrected chi connectivity index (χ3v) is 6.40. The maximum absolute atomic E-state index is 13.4. The molecule has 1 aromatic carbocycles. The van der Waals surface area contributed by atoms with Crippen molar-refractivity contribution in [3.05, 3.63) is 46.2 Å². The van der Waals surface area contributed by atoms with Gasteiger partial charge in [-0.2, -0.15) is 0 Å². The number of amides is 2. The van der Waals surface area contributed by atoms with Crippen LogP contribution in [0.2, 0.25) is 0 Å². The molecule has 2 amide bonds. The molecule has 29 heavy (non-hydrogen) atoms. The molecule has 7 heteroatoms. The van der Waals surface area contributed by atoms with Crippen molar-refractivity contribution in [1.29, 1.82) is 0 Å². The van der Waals surface area contributed by atoms with Crippen molar-refractivity contribution in [2.24, 2.45) is 0 Å². The second-order valence-corrected chi connectivity index (χ2v) is 8.58. The summed E-state index contributed by atoms with van der Waals surface area (Å²) in [5, 5.41) is 5.09. The monoisotopic (exact) mass is 434 g/mol. The van der Waals surface area contributed by atoms with E-state index in [2.05, 4.69) is 5.32 Å². The summed E-state index contributed by atoms with van der Waals surface area (Å²) in [4.78, 5) is 28.7. The molecular formula is C22H27ClN2O3S. The molecule has 5 nitrogen and oxygen atoms in total. The van der Waals surface area contributed by atoms with Gasteiger partial charge in [0, 0.05) is 10.9 Å². The van der Waals surface area contributed by atoms with E-state index in [-0.39, 0.29) is 23.7 Å². The largest absolute Gasteiger partial charge is 0.495 e. The second kappa shape index (κ2) is 10.1. The van der Waals surface area contributed by atoms with Crippen LogP contribution in [-0.2, 0) is 9.59 Å². The lowest BCUT2D eigenvalue weighted by Gasteiger charge is -2.33. The summed E-state index contributed by atoms with van der Waals surface area (Å²) in [7, 11) is 1.56. The molecule has 0 bridgehead atoms. The summed E-state index contributed by atoms with van der Waals surface area (Å²) in [5.41, 5.74) is 1.51. The number of methoxy groups -OCH3 is 1.